The molecule has 0 aromatic heterocycles. The van der Waals surface area contributed by atoms with Gasteiger partial charge in [-0.25, -0.2) is 4.79 Å². The van der Waals surface area contributed by atoms with Gasteiger partial charge in [-0.2, -0.15) is 0 Å². The first-order chi connectivity index (χ1) is 8.16. The van der Waals surface area contributed by atoms with Gasteiger partial charge in [-0.3, -0.25) is 4.79 Å². The number of carboxylic acids is 1. The zero-order chi connectivity index (χ0) is 12.3. The smallest absolute Gasteiger partial charge is 0.319 e. The molecule has 0 aromatic carbocycles. The van der Waals surface area contributed by atoms with Gasteiger partial charge in [-0.15, -0.1) is 0 Å². The molecule has 5 nitrogen and oxygen atoms in total. The van der Waals surface area contributed by atoms with Crippen LogP contribution in [-0.2, 0) is 4.79 Å². The Labute approximate surface area is 101 Å². The number of rotatable bonds is 2. The second-order valence-corrected chi connectivity index (χ2v) is 5.01. The molecule has 0 bridgehead atoms. The molecule has 2 amide bonds. The second-order valence-electron chi connectivity index (χ2n) is 5.01. The highest BCUT2D eigenvalue weighted by atomic mass is 16.4. The van der Waals surface area contributed by atoms with Crippen LogP contribution in [0.1, 0.15) is 32.1 Å². The van der Waals surface area contributed by atoms with Gasteiger partial charge in [0.2, 0.25) is 0 Å². The topological polar surface area (TPSA) is 60.9 Å². The van der Waals surface area contributed by atoms with Crippen LogP contribution in [0.3, 0.4) is 0 Å². The van der Waals surface area contributed by atoms with Gasteiger partial charge in [0.15, 0.2) is 0 Å². The summed E-state index contributed by atoms with van der Waals surface area (Å²) in [6.07, 6.45) is 4.12. The van der Waals surface area contributed by atoms with Gasteiger partial charge in [0.05, 0.1) is 0 Å². The van der Waals surface area contributed by atoms with E-state index in [0.29, 0.717) is 13.1 Å². The Morgan fingerprint density at radius 1 is 1.00 bits per heavy atom. The Kier molecular flexibility index (Phi) is 3.86. The van der Waals surface area contributed by atoms with Crippen molar-refractivity contribution < 1.29 is 14.7 Å². The first-order valence-corrected chi connectivity index (χ1v) is 6.42. The van der Waals surface area contributed by atoms with E-state index in [0.717, 1.165) is 38.8 Å². The molecule has 1 N–H and O–H groups in total. The zero-order valence-electron chi connectivity index (χ0n) is 10.1. The fraction of sp³-hybridized carbons (Fsp3) is 0.833. The third kappa shape index (κ3) is 3.11. The zero-order valence-corrected chi connectivity index (χ0v) is 10.1. The highest BCUT2D eigenvalue weighted by molar-refractivity contribution is 5.74. The van der Waals surface area contributed by atoms with Gasteiger partial charge < -0.3 is 14.9 Å². The van der Waals surface area contributed by atoms with Crippen molar-refractivity contribution in [2.45, 2.75) is 32.1 Å². The summed E-state index contributed by atoms with van der Waals surface area (Å²) in [5.41, 5.74) is 0. The van der Waals surface area contributed by atoms with Crippen LogP contribution in [0.25, 0.3) is 0 Å². The summed E-state index contributed by atoms with van der Waals surface area (Å²) in [6, 6.07) is 0.149. The number of hydrogen-bond donors (Lipinski definition) is 1. The van der Waals surface area contributed by atoms with Gasteiger partial charge in [-0.05, 0) is 31.6 Å². The lowest BCUT2D eigenvalue weighted by Gasteiger charge is -2.34. The van der Waals surface area contributed by atoms with Crippen LogP contribution in [0.15, 0.2) is 0 Å². The fourth-order valence-electron chi connectivity index (χ4n) is 2.68. The van der Waals surface area contributed by atoms with E-state index in [1.165, 1.54) is 0 Å². The van der Waals surface area contributed by atoms with Crippen molar-refractivity contribution in [1.82, 2.24) is 9.80 Å². The number of nitrogens with zero attached hydrogens (tertiary/aromatic N) is 2. The maximum absolute atomic E-state index is 12.1. The Morgan fingerprint density at radius 3 is 2.06 bits per heavy atom. The van der Waals surface area contributed by atoms with E-state index in [-0.39, 0.29) is 18.4 Å². The van der Waals surface area contributed by atoms with Crippen LogP contribution in [0.5, 0.6) is 0 Å². The van der Waals surface area contributed by atoms with E-state index >= 15 is 0 Å². The van der Waals surface area contributed by atoms with Gasteiger partial charge in [0.25, 0.3) is 0 Å². The summed E-state index contributed by atoms with van der Waals surface area (Å²) in [4.78, 5) is 26.5. The molecule has 0 radical (unpaired) electrons. The molecule has 0 aliphatic carbocycles. The van der Waals surface area contributed by atoms with Crippen LogP contribution in [0, 0.1) is 5.92 Å². The Morgan fingerprint density at radius 2 is 1.53 bits per heavy atom. The van der Waals surface area contributed by atoms with Crippen LogP contribution in [-0.4, -0.2) is 53.1 Å². The molecule has 0 spiro atoms. The molecule has 0 aromatic rings. The normalized spacial score (nSPS) is 21.9. The van der Waals surface area contributed by atoms with Gasteiger partial charge in [0.1, 0.15) is 0 Å². The van der Waals surface area contributed by atoms with Crippen molar-refractivity contribution in [1.29, 1.82) is 0 Å². The molecule has 17 heavy (non-hydrogen) atoms. The molecule has 2 heterocycles. The molecule has 0 atom stereocenters. The van der Waals surface area contributed by atoms with E-state index < -0.39 is 5.97 Å². The highest BCUT2D eigenvalue weighted by Gasteiger charge is 2.28. The van der Waals surface area contributed by atoms with Crippen molar-refractivity contribution in [3.05, 3.63) is 0 Å². The molecule has 2 aliphatic heterocycles. The minimum absolute atomic E-state index is 0.149. The Hall–Kier alpha value is -1.26. The summed E-state index contributed by atoms with van der Waals surface area (Å²) in [6.45, 7) is 3.20. The molecule has 0 saturated carbocycles. The summed E-state index contributed by atoms with van der Waals surface area (Å²) >= 11 is 0. The summed E-state index contributed by atoms with van der Waals surface area (Å²) in [5.74, 6) is -0.482. The van der Waals surface area contributed by atoms with Crippen molar-refractivity contribution in [3.8, 4) is 0 Å². The molecule has 5 heteroatoms. The summed E-state index contributed by atoms with van der Waals surface area (Å²) in [5, 5.41) is 8.72. The van der Waals surface area contributed by atoms with Crippen molar-refractivity contribution >= 4 is 12.0 Å². The lowest BCUT2D eigenvalue weighted by atomic mass is 9.94. The molecule has 2 fully saturated rings. The lowest BCUT2D eigenvalue weighted by molar-refractivity contribution is -0.138. The maximum Gasteiger partial charge on any atom is 0.319 e. The first kappa shape index (κ1) is 12.2. The number of amides is 2. The standard InChI is InChI=1S/C12H20N2O3/c15-11(16)9-10-3-7-14(8-4-10)12(17)13-5-1-2-6-13/h10H,1-9H2,(H,15,16). The van der Waals surface area contributed by atoms with Gasteiger partial charge in [-0.1, -0.05) is 0 Å². The summed E-state index contributed by atoms with van der Waals surface area (Å²) in [7, 11) is 0. The van der Waals surface area contributed by atoms with Crippen LogP contribution >= 0.6 is 0 Å². The monoisotopic (exact) mass is 240 g/mol. The number of carbonyl (C=O) groups excluding carboxylic acids is 1. The molecule has 2 saturated heterocycles. The van der Waals surface area contributed by atoms with Gasteiger partial charge in [0, 0.05) is 32.6 Å². The molecule has 2 aliphatic rings. The fourth-order valence-corrected chi connectivity index (χ4v) is 2.68. The number of piperidine rings is 1. The van der Waals surface area contributed by atoms with Crippen molar-refractivity contribution in [3.63, 3.8) is 0 Å². The minimum Gasteiger partial charge on any atom is -0.481 e. The minimum atomic E-state index is -0.727. The third-order valence-electron chi connectivity index (χ3n) is 3.72. The SMILES string of the molecule is O=C(O)CC1CCN(C(=O)N2CCCC2)CC1. The lowest BCUT2D eigenvalue weighted by Crippen LogP contribution is -2.45. The van der Waals surface area contributed by atoms with Crippen LogP contribution in [0.4, 0.5) is 4.79 Å². The van der Waals surface area contributed by atoms with E-state index in [4.69, 9.17) is 5.11 Å². The predicted molar refractivity (Wildman–Crippen MR) is 62.8 cm³/mol. The number of carbonyl (C=O) groups is 2. The molecule has 0 unspecified atom stereocenters. The Balaban J connectivity index is 1.78. The Bertz CT molecular complexity index is 292. The molecular formula is C12H20N2O3. The quantitative estimate of drug-likeness (QED) is 0.793. The van der Waals surface area contributed by atoms with Crippen LogP contribution in [0.2, 0.25) is 0 Å². The van der Waals surface area contributed by atoms with Crippen molar-refractivity contribution in [2.24, 2.45) is 5.92 Å². The van der Waals surface area contributed by atoms with E-state index in [1.807, 2.05) is 9.80 Å². The van der Waals surface area contributed by atoms with Crippen LogP contribution < -0.4 is 0 Å². The number of carboxylic acid groups (broad SMARTS) is 1. The first-order valence-electron chi connectivity index (χ1n) is 6.42. The van der Waals surface area contributed by atoms with E-state index in [9.17, 15) is 9.59 Å². The number of urea groups is 1. The maximum atomic E-state index is 12.1. The summed E-state index contributed by atoms with van der Waals surface area (Å²) < 4.78 is 0. The average Bonchev–Trinajstić information content (AvgIpc) is 2.82. The second kappa shape index (κ2) is 5.38. The van der Waals surface area contributed by atoms with Crippen molar-refractivity contribution in [2.75, 3.05) is 26.2 Å². The van der Waals surface area contributed by atoms with E-state index in [1.54, 1.807) is 0 Å². The largest absolute Gasteiger partial charge is 0.481 e. The molecular weight excluding hydrogens is 220 g/mol. The highest BCUT2D eigenvalue weighted by Crippen LogP contribution is 2.22. The third-order valence-corrected chi connectivity index (χ3v) is 3.72. The number of aliphatic carboxylic acids is 1. The molecule has 96 valence electrons. The number of likely N-dealkylation sites (tertiary alicyclic amines) is 2. The van der Waals surface area contributed by atoms with Gasteiger partial charge >= 0.3 is 12.0 Å². The average molecular weight is 240 g/mol. The van der Waals surface area contributed by atoms with E-state index in [2.05, 4.69) is 0 Å². The molecule has 2 rings (SSSR count). The predicted octanol–water partition coefficient (Wildman–Crippen LogP) is 1.39. The number of hydrogen-bond acceptors (Lipinski definition) is 2.